The number of methoxy groups -OCH3 is 1. The Kier molecular flexibility index (Phi) is 5.35. The van der Waals surface area contributed by atoms with E-state index in [9.17, 15) is 4.79 Å². The SMILES string of the molecule is COc1ccccc1[C@H](C)CC(=O)N[C@H]1CS[C@@H](C)C1. The predicted molar refractivity (Wildman–Crippen MR) is 84.5 cm³/mol. The number of benzene rings is 1. The summed E-state index contributed by atoms with van der Waals surface area (Å²) in [5, 5.41) is 3.81. The van der Waals surface area contributed by atoms with Crippen molar-refractivity contribution in [3.05, 3.63) is 29.8 Å². The molecule has 1 saturated heterocycles. The first-order chi connectivity index (χ1) is 9.60. The summed E-state index contributed by atoms with van der Waals surface area (Å²) in [7, 11) is 1.67. The molecule has 0 saturated carbocycles. The minimum Gasteiger partial charge on any atom is -0.496 e. The summed E-state index contributed by atoms with van der Waals surface area (Å²) in [6.45, 7) is 4.29. The van der Waals surface area contributed by atoms with Crippen LogP contribution in [-0.4, -0.2) is 30.1 Å². The van der Waals surface area contributed by atoms with Gasteiger partial charge in [0, 0.05) is 23.5 Å². The monoisotopic (exact) mass is 293 g/mol. The van der Waals surface area contributed by atoms with Gasteiger partial charge in [-0.3, -0.25) is 4.79 Å². The molecular formula is C16H23NO2S. The molecule has 1 fully saturated rings. The normalized spacial score (nSPS) is 23.4. The van der Waals surface area contributed by atoms with Crippen LogP contribution in [0.3, 0.4) is 0 Å². The number of hydrogen-bond acceptors (Lipinski definition) is 3. The molecule has 110 valence electrons. The van der Waals surface area contributed by atoms with Crippen LogP contribution in [-0.2, 0) is 4.79 Å². The number of amides is 1. The number of rotatable bonds is 5. The Bertz CT molecular complexity index is 464. The molecule has 3 atom stereocenters. The van der Waals surface area contributed by atoms with Crippen molar-refractivity contribution in [2.75, 3.05) is 12.9 Å². The Balaban J connectivity index is 1.90. The average Bonchev–Trinajstić information content (AvgIpc) is 2.83. The number of ether oxygens (including phenoxy) is 1. The molecule has 1 aromatic rings. The Morgan fingerprint density at radius 1 is 1.50 bits per heavy atom. The van der Waals surface area contributed by atoms with Crippen LogP contribution in [0.4, 0.5) is 0 Å². The molecule has 1 N–H and O–H groups in total. The molecule has 0 bridgehead atoms. The molecule has 1 aromatic carbocycles. The Morgan fingerprint density at radius 2 is 2.25 bits per heavy atom. The van der Waals surface area contributed by atoms with Gasteiger partial charge in [-0.1, -0.05) is 32.0 Å². The summed E-state index contributed by atoms with van der Waals surface area (Å²) in [5.41, 5.74) is 1.10. The van der Waals surface area contributed by atoms with Crippen molar-refractivity contribution in [3.8, 4) is 5.75 Å². The molecular weight excluding hydrogens is 270 g/mol. The van der Waals surface area contributed by atoms with E-state index >= 15 is 0 Å². The van der Waals surface area contributed by atoms with Crippen LogP contribution in [0.25, 0.3) is 0 Å². The van der Waals surface area contributed by atoms with Gasteiger partial charge < -0.3 is 10.1 Å². The third-order valence-electron chi connectivity index (χ3n) is 3.72. The highest BCUT2D eigenvalue weighted by Gasteiger charge is 2.24. The van der Waals surface area contributed by atoms with E-state index in [1.54, 1.807) is 7.11 Å². The summed E-state index contributed by atoms with van der Waals surface area (Å²) < 4.78 is 5.36. The van der Waals surface area contributed by atoms with Crippen molar-refractivity contribution in [2.45, 2.75) is 43.9 Å². The highest BCUT2D eigenvalue weighted by Crippen LogP contribution is 2.29. The second-order valence-corrected chi connectivity index (χ2v) is 6.96. The van der Waals surface area contributed by atoms with Gasteiger partial charge in [0.05, 0.1) is 7.11 Å². The number of carbonyl (C=O) groups is 1. The zero-order valence-electron chi connectivity index (χ0n) is 12.4. The average molecular weight is 293 g/mol. The van der Waals surface area contributed by atoms with Gasteiger partial charge in [-0.15, -0.1) is 0 Å². The number of nitrogens with one attached hydrogen (secondary N) is 1. The molecule has 0 aromatic heterocycles. The van der Waals surface area contributed by atoms with Crippen molar-refractivity contribution in [2.24, 2.45) is 0 Å². The van der Waals surface area contributed by atoms with Gasteiger partial charge in [0.2, 0.25) is 5.91 Å². The summed E-state index contributed by atoms with van der Waals surface area (Å²) in [4.78, 5) is 12.1. The molecule has 1 aliphatic heterocycles. The fourth-order valence-corrected chi connectivity index (χ4v) is 3.81. The van der Waals surface area contributed by atoms with Gasteiger partial charge >= 0.3 is 0 Å². The van der Waals surface area contributed by atoms with Crippen LogP contribution >= 0.6 is 11.8 Å². The Hall–Kier alpha value is -1.16. The molecule has 0 radical (unpaired) electrons. The maximum atomic E-state index is 12.1. The molecule has 20 heavy (non-hydrogen) atoms. The molecule has 1 aliphatic rings. The molecule has 0 unspecified atom stereocenters. The summed E-state index contributed by atoms with van der Waals surface area (Å²) in [5.74, 6) is 2.20. The summed E-state index contributed by atoms with van der Waals surface area (Å²) in [6, 6.07) is 8.25. The van der Waals surface area contributed by atoms with Crippen molar-refractivity contribution in [1.29, 1.82) is 0 Å². The van der Waals surface area contributed by atoms with Crippen LogP contribution in [0.5, 0.6) is 5.75 Å². The van der Waals surface area contributed by atoms with E-state index in [-0.39, 0.29) is 11.8 Å². The molecule has 1 heterocycles. The highest BCUT2D eigenvalue weighted by atomic mass is 32.2. The topological polar surface area (TPSA) is 38.3 Å². The number of para-hydroxylation sites is 1. The van der Waals surface area contributed by atoms with E-state index in [0.29, 0.717) is 17.7 Å². The van der Waals surface area contributed by atoms with Crippen LogP contribution in [0, 0.1) is 0 Å². The lowest BCUT2D eigenvalue weighted by Gasteiger charge is -2.17. The molecule has 2 rings (SSSR count). The van der Waals surface area contributed by atoms with Gasteiger partial charge in [-0.25, -0.2) is 0 Å². The lowest BCUT2D eigenvalue weighted by molar-refractivity contribution is -0.121. The number of carbonyl (C=O) groups excluding carboxylic acids is 1. The third-order valence-corrected chi connectivity index (χ3v) is 5.08. The largest absolute Gasteiger partial charge is 0.496 e. The van der Waals surface area contributed by atoms with E-state index in [1.165, 1.54) is 0 Å². The lowest BCUT2D eigenvalue weighted by atomic mass is 9.96. The van der Waals surface area contributed by atoms with E-state index in [4.69, 9.17) is 4.74 Å². The first-order valence-corrected chi connectivity index (χ1v) is 8.19. The quantitative estimate of drug-likeness (QED) is 0.906. The maximum absolute atomic E-state index is 12.1. The smallest absolute Gasteiger partial charge is 0.220 e. The van der Waals surface area contributed by atoms with Crippen LogP contribution in [0.2, 0.25) is 0 Å². The zero-order chi connectivity index (χ0) is 14.5. The van der Waals surface area contributed by atoms with Crippen LogP contribution in [0.15, 0.2) is 24.3 Å². The molecule has 4 heteroatoms. The lowest BCUT2D eigenvalue weighted by Crippen LogP contribution is -2.35. The molecule has 0 aliphatic carbocycles. The zero-order valence-corrected chi connectivity index (χ0v) is 13.2. The maximum Gasteiger partial charge on any atom is 0.220 e. The minimum atomic E-state index is 0.142. The van der Waals surface area contributed by atoms with Crippen molar-refractivity contribution in [1.82, 2.24) is 5.32 Å². The fraction of sp³-hybridized carbons (Fsp3) is 0.562. The van der Waals surface area contributed by atoms with Gasteiger partial charge in [-0.2, -0.15) is 11.8 Å². The van der Waals surface area contributed by atoms with Gasteiger partial charge in [0.1, 0.15) is 5.75 Å². The van der Waals surface area contributed by atoms with Gasteiger partial charge in [0.25, 0.3) is 0 Å². The standard InChI is InChI=1S/C16H23NO2S/c1-11(14-6-4-5-7-15(14)19-3)8-16(18)17-13-9-12(2)20-10-13/h4-7,11-13H,8-10H2,1-3H3,(H,17,18)/t11-,12+,13-/m1/s1. The Labute approximate surface area is 125 Å². The summed E-state index contributed by atoms with van der Waals surface area (Å²) in [6.07, 6.45) is 1.59. The van der Waals surface area contributed by atoms with E-state index < -0.39 is 0 Å². The van der Waals surface area contributed by atoms with Crippen molar-refractivity contribution < 1.29 is 9.53 Å². The fourth-order valence-electron chi connectivity index (χ4n) is 2.67. The second-order valence-electron chi connectivity index (χ2n) is 5.49. The highest BCUT2D eigenvalue weighted by molar-refractivity contribution is 8.00. The third kappa shape index (κ3) is 3.92. The van der Waals surface area contributed by atoms with E-state index in [1.807, 2.05) is 36.0 Å². The van der Waals surface area contributed by atoms with E-state index in [2.05, 4.69) is 19.2 Å². The summed E-state index contributed by atoms with van der Waals surface area (Å²) >= 11 is 1.93. The first kappa shape index (κ1) is 15.2. The Morgan fingerprint density at radius 3 is 2.90 bits per heavy atom. The molecule has 0 spiro atoms. The number of hydrogen-bond donors (Lipinski definition) is 1. The second kappa shape index (κ2) is 7.02. The van der Waals surface area contributed by atoms with E-state index in [0.717, 1.165) is 23.5 Å². The predicted octanol–water partition coefficient (Wildman–Crippen LogP) is 3.20. The molecule has 3 nitrogen and oxygen atoms in total. The number of thioether (sulfide) groups is 1. The van der Waals surface area contributed by atoms with Crippen LogP contribution < -0.4 is 10.1 Å². The molecule has 1 amide bonds. The van der Waals surface area contributed by atoms with Crippen molar-refractivity contribution >= 4 is 17.7 Å². The van der Waals surface area contributed by atoms with Gasteiger partial charge in [0.15, 0.2) is 0 Å². The van der Waals surface area contributed by atoms with Crippen LogP contribution in [0.1, 0.15) is 38.2 Å². The first-order valence-electron chi connectivity index (χ1n) is 7.14. The minimum absolute atomic E-state index is 0.142. The van der Waals surface area contributed by atoms with Crippen molar-refractivity contribution in [3.63, 3.8) is 0 Å². The van der Waals surface area contributed by atoms with Gasteiger partial charge in [-0.05, 0) is 24.0 Å².